The van der Waals surface area contributed by atoms with E-state index in [-0.39, 0.29) is 49.4 Å². The van der Waals surface area contributed by atoms with Crippen LogP contribution in [0.2, 0.25) is 5.02 Å². The molecule has 0 aromatic heterocycles. The first-order valence-corrected chi connectivity index (χ1v) is 14.0. The summed E-state index contributed by atoms with van der Waals surface area (Å²) < 4.78 is 76.9. The number of hydrogen-bond donors (Lipinski definition) is 0. The van der Waals surface area contributed by atoms with Crippen LogP contribution >= 0.6 is 11.6 Å². The third kappa shape index (κ3) is 4.55. The molecule has 1 amide bonds. The molecule has 5 rings (SSSR count). The normalized spacial score (nSPS) is 30.0. The van der Waals surface area contributed by atoms with Gasteiger partial charge in [0.2, 0.25) is 5.91 Å². The zero-order valence-corrected chi connectivity index (χ0v) is 22.0. The van der Waals surface area contributed by atoms with Gasteiger partial charge in [0, 0.05) is 55.0 Å². The first-order valence-electron chi connectivity index (χ1n) is 12.1. The molecule has 2 aliphatic carbocycles. The van der Waals surface area contributed by atoms with E-state index >= 15 is 0 Å². The van der Waals surface area contributed by atoms with Crippen LogP contribution in [0.5, 0.6) is 0 Å². The first kappa shape index (κ1) is 26.4. The lowest BCUT2D eigenvalue weighted by atomic mass is 9.75. The van der Waals surface area contributed by atoms with Crippen molar-refractivity contribution in [2.75, 3.05) is 13.6 Å². The fourth-order valence-electron chi connectivity index (χ4n) is 5.61. The molecule has 2 aromatic carbocycles. The van der Waals surface area contributed by atoms with Gasteiger partial charge in [0.1, 0.15) is 27.9 Å². The lowest BCUT2D eigenvalue weighted by Crippen LogP contribution is -2.55. The number of nitrogens with zero attached hydrogens (tertiary/aromatic N) is 3. The monoisotopic (exact) mass is 557 g/mol. The minimum atomic E-state index is -3.33. The van der Waals surface area contributed by atoms with Crippen molar-refractivity contribution in [3.63, 3.8) is 0 Å². The smallest absolute Gasteiger partial charge is 0.254 e. The molecule has 2 aromatic rings. The van der Waals surface area contributed by atoms with E-state index in [0.717, 1.165) is 11.6 Å². The van der Waals surface area contributed by atoms with Gasteiger partial charge < -0.3 is 4.90 Å². The van der Waals surface area contributed by atoms with Gasteiger partial charge in [0.25, 0.3) is 5.92 Å². The van der Waals surface area contributed by atoms with Crippen molar-refractivity contribution in [3.8, 4) is 0 Å². The van der Waals surface area contributed by atoms with Crippen LogP contribution in [0.3, 0.4) is 0 Å². The van der Waals surface area contributed by atoms with Crippen LogP contribution in [0.4, 0.5) is 17.6 Å². The Balaban J connectivity index is 1.47. The minimum absolute atomic E-state index is 0.0816. The van der Waals surface area contributed by atoms with Crippen LogP contribution in [0.25, 0.3) is 0 Å². The Morgan fingerprint density at radius 1 is 1.22 bits per heavy atom. The number of halogens is 5. The zero-order valence-electron chi connectivity index (χ0n) is 20.5. The SMILES string of the molecule is CN=[S@](=O)(c1ccc(C)cc1)N1CC(F)CC1C(=O)N(Cc1ccc(Cl)cc1F)C1CC2(C1)CC2(F)F. The van der Waals surface area contributed by atoms with E-state index in [1.165, 1.54) is 28.4 Å². The Morgan fingerprint density at radius 3 is 2.43 bits per heavy atom. The van der Waals surface area contributed by atoms with E-state index in [1.807, 2.05) is 6.92 Å². The molecule has 2 saturated carbocycles. The standard InChI is InChI=1S/C26H28ClF4N3O2S/c1-16-3-7-21(8-4-16)37(36,32-2)34-14-19(28)10-23(34)24(35)33(13-17-5-6-18(27)9-22(17)29)20-11-25(12-20)15-26(25,30)31/h3-9,19-20,23H,10-15H2,1-2H3/t19?,20?,23?,25?,37-/m1/s1. The Kier molecular flexibility index (Phi) is 6.60. The highest BCUT2D eigenvalue weighted by Crippen LogP contribution is 2.71. The van der Waals surface area contributed by atoms with Gasteiger partial charge in [-0.25, -0.2) is 26.1 Å². The molecule has 1 spiro atoms. The van der Waals surface area contributed by atoms with E-state index in [0.29, 0.717) is 4.90 Å². The highest BCUT2D eigenvalue weighted by atomic mass is 35.5. The summed E-state index contributed by atoms with van der Waals surface area (Å²) in [6.45, 7) is 1.41. The Morgan fingerprint density at radius 2 is 1.86 bits per heavy atom. The van der Waals surface area contributed by atoms with Gasteiger partial charge in [-0.15, -0.1) is 0 Å². The third-order valence-electron chi connectivity index (χ3n) is 7.93. The van der Waals surface area contributed by atoms with Crippen LogP contribution in [0, 0.1) is 18.2 Å². The third-order valence-corrected chi connectivity index (χ3v) is 10.6. The molecule has 0 N–H and O–H groups in total. The zero-order chi connectivity index (χ0) is 26.8. The van der Waals surface area contributed by atoms with Gasteiger partial charge in [-0.2, -0.15) is 4.31 Å². The number of carbonyl (C=O) groups excluding carboxylic acids is 1. The second-order valence-electron chi connectivity index (χ2n) is 10.4. The van der Waals surface area contributed by atoms with Gasteiger partial charge in [0.05, 0.1) is 4.90 Å². The first-order chi connectivity index (χ1) is 17.4. The summed E-state index contributed by atoms with van der Waals surface area (Å²) in [5, 5.41) is 0.184. The highest BCUT2D eigenvalue weighted by Gasteiger charge is 2.76. The molecule has 0 bridgehead atoms. The molecule has 3 atom stereocenters. The number of alkyl halides is 3. The summed E-state index contributed by atoms with van der Waals surface area (Å²) in [7, 11) is -1.97. The maximum atomic E-state index is 14.8. The van der Waals surface area contributed by atoms with Crippen molar-refractivity contribution in [1.82, 2.24) is 9.21 Å². The molecule has 0 radical (unpaired) electrons. The molecule has 37 heavy (non-hydrogen) atoms. The molecule has 3 fully saturated rings. The second-order valence-corrected chi connectivity index (χ2v) is 13.1. The predicted octanol–water partition coefficient (Wildman–Crippen LogP) is 5.79. The molecule has 2 unspecified atom stereocenters. The number of hydrogen-bond acceptors (Lipinski definition) is 3. The summed E-state index contributed by atoms with van der Waals surface area (Å²) in [4.78, 5) is 15.7. The van der Waals surface area contributed by atoms with Crippen LogP contribution < -0.4 is 0 Å². The second kappa shape index (κ2) is 9.24. The maximum Gasteiger partial charge on any atom is 0.254 e. The Hall–Kier alpha value is -2.17. The van der Waals surface area contributed by atoms with Crippen LogP contribution in [0.1, 0.15) is 36.8 Å². The van der Waals surface area contributed by atoms with Gasteiger partial charge in [-0.3, -0.25) is 4.79 Å². The number of amides is 1. The van der Waals surface area contributed by atoms with Crippen LogP contribution in [-0.4, -0.2) is 57.1 Å². The average Bonchev–Trinajstić information content (AvgIpc) is 3.19. The largest absolute Gasteiger partial charge is 0.334 e. The van der Waals surface area contributed by atoms with Crippen molar-refractivity contribution < 1.29 is 26.6 Å². The summed E-state index contributed by atoms with van der Waals surface area (Å²) in [5.41, 5.74) is -0.0194. The van der Waals surface area contributed by atoms with Crippen molar-refractivity contribution in [2.45, 2.75) is 68.2 Å². The lowest BCUT2D eigenvalue weighted by Gasteiger charge is -2.45. The fraction of sp³-hybridized carbons (Fsp3) is 0.500. The Labute approximate surface area is 219 Å². The number of benzene rings is 2. The predicted molar refractivity (Wildman–Crippen MR) is 133 cm³/mol. The topological polar surface area (TPSA) is 53.0 Å². The van der Waals surface area contributed by atoms with Crippen molar-refractivity contribution in [2.24, 2.45) is 9.78 Å². The van der Waals surface area contributed by atoms with Crippen molar-refractivity contribution in [1.29, 1.82) is 0 Å². The number of aryl methyl sites for hydroxylation is 1. The van der Waals surface area contributed by atoms with Gasteiger partial charge >= 0.3 is 0 Å². The summed E-state index contributed by atoms with van der Waals surface area (Å²) in [6.07, 6.45) is -1.72. The van der Waals surface area contributed by atoms with Gasteiger partial charge in [-0.05, 0) is 44.0 Å². The Bertz CT molecular complexity index is 1340. The lowest BCUT2D eigenvalue weighted by molar-refractivity contribution is -0.143. The maximum absolute atomic E-state index is 14.8. The molecule has 200 valence electrons. The minimum Gasteiger partial charge on any atom is -0.334 e. The summed E-state index contributed by atoms with van der Waals surface area (Å²) in [5.74, 6) is -3.97. The molecule has 11 heteroatoms. The molecule has 1 saturated heterocycles. The molecular formula is C26H28ClF4N3O2S. The fourth-order valence-corrected chi connectivity index (χ4v) is 7.84. The number of rotatable bonds is 6. The van der Waals surface area contributed by atoms with E-state index < -0.39 is 51.2 Å². The molecule has 5 nitrogen and oxygen atoms in total. The van der Waals surface area contributed by atoms with Gasteiger partial charge in [0.15, 0.2) is 0 Å². The van der Waals surface area contributed by atoms with Crippen LogP contribution in [0.15, 0.2) is 51.7 Å². The van der Waals surface area contributed by atoms with E-state index in [4.69, 9.17) is 11.6 Å². The number of carbonyl (C=O) groups is 1. The van der Waals surface area contributed by atoms with Crippen LogP contribution in [-0.2, 0) is 21.3 Å². The van der Waals surface area contributed by atoms with Gasteiger partial charge in [-0.1, -0.05) is 35.4 Å². The van der Waals surface area contributed by atoms with E-state index in [1.54, 1.807) is 24.3 Å². The molecule has 3 aliphatic rings. The quantitative estimate of drug-likeness (QED) is 0.422. The average molecular weight is 558 g/mol. The molecular weight excluding hydrogens is 530 g/mol. The molecule has 1 heterocycles. The van der Waals surface area contributed by atoms with Crippen molar-refractivity contribution in [3.05, 3.63) is 64.4 Å². The van der Waals surface area contributed by atoms with E-state index in [9.17, 15) is 26.6 Å². The van der Waals surface area contributed by atoms with Crippen molar-refractivity contribution >= 4 is 27.4 Å². The molecule has 1 aliphatic heterocycles. The summed E-state index contributed by atoms with van der Waals surface area (Å²) >= 11 is 5.87. The van der Waals surface area contributed by atoms with E-state index in [2.05, 4.69) is 4.36 Å². The summed E-state index contributed by atoms with van der Waals surface area (Å²) in [6, 6.07) is 9.16. The highest BCUT2D eigenvalue weighted by molar-refractivity contribution is 7.91.